The van der Waals surface area contributed by atoms with Gasteiger partial charge < -0.3 is 4.40 Å². The van der Waals surface area contributed by atoms with E-state index in [-0.39, 0.29) is 0 Å². The van der Waals surface area contributed by atoms with Crippen molar-refractivity contribution in [2.75, 3.05) is 0 Å². The molecule has 124 valence electrons. The van der Waals surface area contributed by atoms with Gasteiger partial charge in [0.25, 0.3) is 0 Å². The molecule has 0 aliphatic carbocycles. The molecular weight excluding hydrogens is 330 g/mol. The number of nitrogens with zero attached hydrogens (tertiary/aromatic N) is 3. The zero-order valence-corrected chi connectivity index (χ0v) is 15.1. The van der Waals surface area contributed by atoms with Crippen LogP contribution in [0.5, 0.6) is 0 Å². The Labute approximate surface area is 149 Å². The molecule has 0 bridgehead atoms. The number of benzene rings is 1. The molecule has 0 saturated heterocycles. The molecule has 0 atom stereocenters. The summed E-state index contributed by atoms with van der Waals surface area (Å²) in [5, 5.41) is 1.06. The topological polar surface area (TPSA) is 47.3 Å². The second-order valence-corrected chi connectivity index (χ2v) is 7.25. The van der Waals surface area contributed by atoms with Gasteiger partial charge in [0.05, 0.1) is 21.3 Å². The number of thiazole rings is 1. The van der Waals surface area contributed by atoms with Gasteiger partial charge in [-0.15, -0.1) is 11.3 Å². The summed E-state index contributed by atoms with van der Waals surface area (Å²) in [5.41, 5.74) is 6.67. The van der Waals surface area contributed by atoms with Crippen molar-refractivity contribution in [3.8, 4) is 21.7 Å². The highest BCUT2D eigenvalue weighted by molar-refractivity contribution is 7.15. The third-order valence-corrected chi connectivity index (χ3v) is 5.46. The van der Waals surface area contributed by atoms with Gasteiger partial charge in [-0.3, -0.25) is 4.79 Å². The van der Waals surface area contributed by atoms with Crippen LogP contribution in [0.2, 0.25) is 0 Å². The van der Waals surface area contributed by atoms with E-state index >= 15 is 0 Å². The van der Waals surface area contributed by atoms with Crippen molar-refractivity contribution in [2.24, 2.45) is 0 Å². The van der Waals surface area contributed by atoms with E-state index in [1.165, 1.54) is 4.88 Å². The largest absolute Gasteiger partial charge is 0.304 e. The van der Waals surface area contributed by atoms with E-state index in [0.717, 1.165) is 45.1 Å². The zero-order chi connectivity index (χ0) is 17.6. The summed E-state index contributed by atoms with van der Waals surface area (Å²) in [6.07, 6.45) is 2.75. The van der Waals surface area contributed by atoms with E-state index in [1.807, 2.05) is 42.6 Å². The fourth-order valence-electron chi connectivity index (χ4n) is 3.18. The smallest absolute Gasteiger partial charge is 0.150 e. The predicted molar refractivity (Wildman–Crippen MR) is 101 cm³/mol. The number of pyridine rings is 1. The van der Waals surface area contributed by atoms with Crippen LogP contribution in [-0.4, -0.2) is 20.7 Å². The number of carbonyl (C=O) groups excluding carboxylic acids is 1. The van der Waals surface area contributed by atoms with E-state index < -0.39 is 0 Å². The Morgan fingerprint density at radius 3 is 2.48 bits per heavy atom. The normalized spacial score (nSPS) is 11.2. The lowest BCUT2D eigenvalue weighted by molar-refractivity contribution is 0.112. The van der Waals surface area contributed by atoms with Crippen LogP contribution in [0.1, 0.15) is 26.8 Å². The van der Waals surface area contributed by atoms with Gasteiger partial charge in [0.15, 0.2) is 0 Å². The van der Waals surface area contributed by atoms with Crippen LogP contribution in [0.25, 0.3) is 27.3 Å². The van der Waals surface area contributed by atoms with Crippen molar-refractivity contribution in [1.29, 1.82) is 0 Å². The fraction of sp³-hybridized carbons (Fsp3) is 0.150. The predicted octanol–water partition coefficient (Wildman–Crippen LogP) is 4.86. The van der Waals surface area contributed by atoms with Crippen molar-refractivity contribution < 1.29 is 4.79 Å². The van der Waals surface area contributed by atoms with Crippen LogP contribution in [-0.2, 0) is 0 Å². The molecule has 4 nitrogen and oxygen atoms in total. The van der Waals surface area contributed by atoms with Gasteiger partial charge >= 0.3 is 0 Å². The lowest BCUT2D eigenvalue weighted by Crippen LogP contribution is -1.90. The third kappa shape index (κ3) is 2.57. The Morgan fingerprint density at radius 2 is 1.80 bits per heavy atom. The van der Waals surface area contributed by atoms with Gasteiger partial charge in [0, 0.05) is 28.6 Å². The number of aldehydes is 1. The van der Waals surface area contributed by atoms with Crippen molar-refractivity contribution in [1.82, 2.24) is 14.4 Å². The second-order valence-electron chi connectivity index (χ2n) is 6.04. The molecule has 0 fully saturated rings. The number of imidazole rings is 1. The fourth-order valence-corrected chi connectivity index (χ4v) is 4.14. The molecule has 1 aromatic carbocycles. The first-order valence-corrected chi connectivity index (χ1v) is 8.88. The van der Waals surface area contributed by atoms with E-state index in [0.29, 0.717) is 5.56 Å². The number of aromatic nitrogens is 3. The summed E-state index contributed by atoms with van der Waals surface area (Å²) in [6, 6.07) is 11.9. The molecule has 0 radical (unpaired) electrons. The Hall–Kier alpha value is -2.79. The van der Waals surface area contributed by atoms with Gasteiger partial charge in [-0.1, -0.05) is 24.3 Å². The summed E-state index contributed by atoms with van der Waals surface area (Å²) in [7, 11) is 0. The third-order valence-electron chi connectivity index (χ3n) is 4.36. The van der Waals surface area contributed by atoms with Crippen molar-refractivity contribution in [3.05, 3.63) is 64.6 Å². The quantitative estimate of drug-likeness (QED) is 0.497. The van der Waals surface area contributed by atoms with Crippen LogP contribution in [0.4, 0.5) is 0 Å². The van der Waals surface area contributed by atoms with Crippen LogP contribution in [0.15, 0.2) is 42.6 Å². The number of fused-ring (bicyclic) bond motifs is 1. The number of carbonyl (C=O) groups is 1. The molecule has 0 unspecified atom stereocenters. The number of hydrogen-bond donors (Lipinski definition) is 0. The number of hydrogen-bond acceptors (Lipinski definition) is 4. The zero-order valence-electron chi connectivity index (χ0n) is 14.3. The van der Waals surface area contributed by atoms with Gasteiger partial charge in [-0.25, -0.2) is 9.97 Å². The molecule has 25 heavy (non-hydrogen) atoms. The first-order chi connectivity index (χ1) is 12.1. The Balaban J connectivity index is 1.97. The second kappa shape index (κ2) is 5.93. The molecule has 3 heterocycles. The van der Waals surface area contributed by atoms with Crippen molar-refractivity contribution in [3.63, 3.8) is 0 Å². The Bertz CT molecular complexity index is 1110. The lowest BCUT2D eigenvalue weighted by atomic mass is 10.0. The monoisotopic (exact) mass is 347 g/mol. The molecule has 0 amide bonds. The summed E-state index contributed by atoms with van der Waals surface area (Å²) in [4.78, 5) is 21.6. The highest BCUT2D eigenvalue weighted by atomic mass is 32.1. The van der Waals surface area contributed by atoms with Crippen LogP contribution in [0.3, 0.4) is 0 Å². The van der Waals surface area contributed by atoms with Crippen LogP contribution < -0.4 is 0 Å². The number of rotatable bonds is 3. The van der Waals surface area contributed by atoms with E-state index in [1.54, 1.807) is 17.4 Å². The minimum absolute atomic E-state index is 0.631. The summed E-state index contributed by atoms with van der Waals surface area (Å²) in [5.74, 6) is 0. The molecule has 4 aromatic rings. The van der Waals surface area contributed by atoms with Gasteiger partial charge in [-0.05, 0) is 32.9 Å². The van der Waals surface area contributed by atoms with E-state index in [2.05, 4.69) is 24.0 Å². The van der Waals surface area contributed by atoms with Gasteiger partial charge in [0.2, 0.25) is 0 Å². The first-order valence-electron chi connectivity index (χ1n) is 8.06. The minimum atomic E-state index is 0.631. The molecule has 3 aromatic heterocycles. The number of aryl methyl sites for hydroxylation is 3. The maximum absolute atomic E-state index is 11.0. The van der Waals surface area contributed by atoms with Gasteiger partial charge in [-0.2, -0.15) is 0 Å². The molecule has 0 aliphatic heterocycles. The molecule has 5 heteroatoms. The van der Waals surface area contributed by atoms with Crippen LogP contribution in [0, 0.1) is 20.8 Å². The molecule has 0 saturated carbocycles. The Kier molecular flexibility index (Phi) is 3.73. The van der Waals surface area contributed by atoms with Crippen LogP contribution >= 0.6 is 11.3 Å². The highest BCUT2D eigenvalue weighted by Gasteiger charge is 2.17. The van der Waals surface area contributed by atoms with E-state index in [9.17, 15) is 4.79 Å². The SMILES string of the molecule is Cc1nc(C)c(-c2ccccc2-c2nc3cc(C=O)ccn3c2C)s1. The Morgan fingerprint density at radius 1 is 1.04 bits per heavy atom. The maximum Gasteiger partial charge on any atom is 0.150 e. The van der Waals surface area contributed by atoms with Gasteiger partial charge in [0.1, 0.15) is 11.9 Å². The standard InChI is InChI=1S/C20H17N3OS/c1-12-20(25-14(3)21-12)17-7-5-4-6-16(17)19-13(2)23-9-8-15(11-24)10-18(23)22-19/h4-11H,1-3H3. The maximum atomic E-state index is 11.0. The van der Waals surface area contributed by atoms with E-state index in [4.69, 9.17) is 4.98 Å². The lowest BCUT2D eigenvalue weighted by Gasteiger charge is -2.07. The first kappa shape index (κ1) is 15.7. The minimum Gasteiger partial charge on any atom is -0.304 e. The summed E-state index contributed by atoms with van der Waals surface area (Å²) >= 11 is 1.70. The van der Waals surface area contributed by atoms with Crippen molar-refractivity contribution >= 4 is 23.3 Å². The molecule has 0 spiro atoms. The molecular formula is C20H17N3OS. The summed E-state index contributed by atoms with van der Waals surface area (Å²) < 4.78 is 2.02. The average Bonchev–Trinajstić information content (AvgIpc) is 3.13. The molecule has 0 N–H and O–H groups in total. The highest BCUT2D eigenvalue weighted by Crippen LogP contribution is 2.38. The average molecular weight is 347 g/mol. The molecule has 4 rings (SSSR count). The molecule has 0 aliphatic rings. The summed E-state index contributed by atoms with van der Waals surface area (Å²) in [6.45, 7) is 6.13. The van der Waals surface area contributed by atoms with Crippen molar-refractivity contribution in [2.45, 2.75) is 20.8 Å².